The minimum atomic E-state index is -0.190. The summed E-state index contributed by atoms with van der Waals surface area (Å²) >= 11 is 0. The first-order valence-electron chi connectivity index (χ1n) is 10.8. The Balaban J connectivity index is 1.23. The second kappa shape index (κ2) is 9.88. The predicted molar refractivity (Wildman–Crippen MR) is 118 cm³/mol. The number of benzene rings is 2. The highest BCUT2D eigenvalue weighted by atomic mass is 19.1. The number of hydrogen-bond acceptors (Lipinski definition) is 4. The van der Waals surface area contributed by atoms with E-state index in [4.69, 9.17) is 4.52 Å². The van der Waals surface area contributed by atoms with Crippen molar-refractivity contribution in [1.82, 2.24) is 15.0 Å². The minimum absolute atomic E-state index is 0.107. The molecule has 1 aliphatic heterocycles. The molecule has 0 spiro atoms. The van der Waals surface area contributed by atoms with Crippen LogP contribution in [0, 0.1) is 11.7 Å². The largest absolute Gasteiger partial charge is 0.355 e. The molecule has 1 fully saturated rings. The van der Waals surface area contributed by atoms with Crippen LogP contribution in [0.15, 0.2) is 65.2 Å². The Bertz CT molecular complexity index is 980. The number of halogens is 1. The van der Waals surface area contributed by atoms with Crippen LogP contribution in [0.5, 0.6) is 0 Å². The first kappa shape index (κ1) is 21.2. The van der Waals surface area contributed by atoms with Gasteiger partial charge in [0, 0.05) is 31.8 Å². The molecule has 0 saturated carbocycles. The van der Waals surface area contributed by atoms with Gasteiger partial charge < -0.3 is 14.3 Å². The van der Waals surface area contributed by atoms with Gasteiger partial charge >= 0.3 is 0 Å². The van der Waals surface area contributed by atoms with Gasteiger partial charge in [-0.3, -0.25) is 4.79 Å². The summed E-state index contributed by atoms with van der Waals surface area (Å²) in [4.78, 5) is 17.0. The Morgan fingerprint density at radius 3 is 2.55 bits per heavy atom. The highest BCUT2D eigenvalue weighted by molar-refractivity contribution is 5.92. The summed E-state index contributed by atoms with van der Waals surface area (Å²) in [5.41, 5.74) is 2.42. The molecule has 1 saturated heterocycles. The maximum atomic E-state index is 13.0. The molecule has 0 atom stereocenters. The van der Waals surface area contributed by atoms with E-state index in [9.17, 15) is 9.18 Å². The summed E-state index contributed by atoms with van der Waals surface area (Å²) in [7, 11) is 1.83. The zero-order valence-electron chi connectivity index (χ0n) is 17.8. The average Bonchev–Trinajstić information content (AvgIpc) is 3.30. The van der Waals surface area contributed by atoms with Crippen molar-refractivity contribution in [2.75, 3.05) is 33.2 Å². The lowest BCUT2D eigenvalue weighted by atomic mass is 9.96. The number of hydrogen-bond donors (Lipinski definition) is 0. The second-order valence-corrected chi connectivity index (χ2v) is 8.29. The molecule has 1 aliphatic rings. The minimum Gasteiger partial charge on any atom is -0.355 e. The van der Waals surface area contributed by atoms with Gasteiger partial charge in [0.1, 0.15) is 5.82 Å². The Morgan fingerprint density at radius 2 is 1.84 bits per heavy atom. The summed E-state index contributed by atoms with van der Waals surface area (Å²) in [5.74, 6) is 0.790. The van der Waals surface area contributed by atoms with Crippen LogP contribution in [-0.4, -0.2) is 54.1 Å². The SMILES string of the molecule is CN(CC1CCN(CCc2ccc(F)cc2)CC1)C(=O)c1cc(-c2ccccc2)on1. The molecule has 2 heterocycles. The second-order valence-electron chi connectivity index (χ2n) is 8.29. The van der Waals surface area contributed by atoms with Gasteiger partial charge in [0.25, 0.3) is 5.91 Å². The van der Waals surface area contributed by atoms with E-state index >= 15 is 0 Å². The topological polar surface area (TPSA) is 49.6 Å². The van der Waals surface area contributed by atoms with E-state index in [2.05, 4.69) is 10.1 Å². The molecule has 0 unspecified atom stereocenters. The van der Waals surface area contributed by atoms with Crippen molar-refractivity contribution in [3.8, 4) is 11.3 Å². The van der Waals surface area contributed by atoms with E-state index in [-0.39, 0.29) is 11.7 Å². The highest BCUT2D eigenvalue weighted by Crippen LogP contribution is 2.22. The Kier molecular flexibility index (Phi) is 6.77. The van der Waals surface area contributed by atoms with Crippen molar-refractivity contribution in [3.05, 3.63) is 77.7 Å². The number of likely N-dealkylation sites (tertiary alicyclic amines) is 1. The number of rotatable bonds is 7. The summed E-state index contributed by atoms with van der Waals surface area (Å²) in [5, 5.41) is 3.98. The lowest BCUT2D eigenvalue weighted by Gasteiger charge is -2.33. The normalized spacial score (nSPS) is 15.2. The molecule has 1 aromatic heterocycles. The van der Waals surface area contributed by atoms with Gasteiger partial charge in [-0.05, 0) is 56.0 Å². The maximum absolute atomic E-state index is 13.0. The Labute approximate surface area is 182 Å². The van der Waals surface area contributed by atoms with E-state index in [1.807, 2.05) is 49.5 Å². The fourth-order valence-corrected chi connectivity index (χ4v) is 4.11. The summed E-state index contributed by atoms with van der Waals surface area (Å²) in [6.07, 6.45) is 3.06. The van der Waals surface area contributed by atoms with Crippen molar-refractivity contribution < 1.29 is 13.7 Å². The smallest absolute Gasteiger partial charge is 0.275 e. The predicted octanol–water partition coefficient (Wildman–Crippen LogP) is 4.51. The number of amides is 1. The van der Waals surface area contributed by atoms with E-state index in [0.29, 0.717) is 17.4 Å². The van der Waals surface area contributed by atoms with Crippen LogP contribution in [0.25, 0.3) is 11.3 Å². The van der Waals surface area contributed by atoms with Crippen molar-refractivity contribution >= 4 is 5.91 Å². The fraction of sp³-hybridized carbons (Fsp3) is 0.360. The molecule has 0 radical (unpaired) electrons. The lowest BCUT2D eigenvalue weighted by molar-refractivity contribution is 0.0730. The number of carbonyl (C=O) groups is 1. The monoisotopic (exact) mass is 421 g/mol. The molecule has 4 rings (SSSR count). The highest BCUT2D eigenvalue weighted by Gasteiger charge is 2.24. The van der Waals surface area contributed by atoms with Gasteiger partial charge in [-0.15, -0.1) is 0 Å². The van der Waals surface area contributed by atoms with Crippen molar-refractivity contribution in [3.63, 3.8) is 0 Å². The van der Waals surface area contributed by atoms with Crippen LogP contribution >= 0.6 is 0 Å². The van der Waals surface area contributed by atoms with E-state index in [1.54, 1.807) is 11.0 Å². The van der Waals surface area contributed by atoms with Crippen molar-refractivity contribution in [2.24, 2.45) is 5.92 Å². The Morgan fingerprint density at radius 1 is 1.13 bits per heavy atom. The van der Waals surface area contributed by atoms with Gasteiger partial charge in [-0.25, -0.2) is 4.39 Å². The molecule has 2 aromatic carbocycles. The Hall–Kier alpha value is -2.99. The molecule has 162 valence electrons. The molecular formula is C25H28FN3O2. The molecule has 6 heteroatoms. The first-order valence-corrected chi connectivity index (χ1v) is 10.8. The molecule has 3 aromatic rings. The molecule has 0 aliphatic carbocycles. The quantitative estimate of drug-likeness (QED) is 0.563. The molecular weight excluding hydrogens is 393 g/mol. The van der Waals surface area contributed by atoms with Crippen LogP contribution in [0.3, 0.4) is 0 Å². The lowest BCUT2D eigenvalue weighted by Crippen LogP contribution is -2.40. The number of piperidine rings is 1. The molecule has 1 amide bonds. The zero-order chi connectivity index (χ0) is 21.6. The van der Waals surface area contributed by atoms with E-state index in [1.165, 1.54) is 12.1 Å². The summed E-state index contributed by atoms with van der Waals surface area (Å²) < 4.78 is 18.4. The molecule has 0 bridgehead atoms. The van der Waals surface area contributed by atoms with Crippen LogP contribution < -0.4 is 0 Å². The zero-order valence-corrected chi connectivity index (χ0v) is 17.8. The van der Waals surface area contributed by atoms with Crippen LogP contribution in [0.1, 0.15) is 28.9 Å². The third-order valence-electron chi connectivity index (χ3n) is 6.00. The van der Waals surface area contributed by atoms with Gasteiger partial charge in [-0.2, -0.15) is 0 Å². The summed E-state index contributed by atoms with van der Waals surface area (Å²) in [6, 6.07) is 18.1. The van der Waals surface area contributed by atoms with Crippen molar-refractivity contribution in [1.29, 1.82) is 0 Å². The molecule has 0 N–H and O–H groups in total. The van der Waals surface area contributed by atoms with Crippen molar-refractivity contribution in [2.45, 2.75) is 19.3 Å². The van der Waals surface area contributed by atoms with Gasteiger partial charge in [-0.1, -0.05) is 47.6 Å². The van der Waals surface area contributed by atoms with Crippen LogP contribution in [-0.2, 0) is 6.42 Å². The van der Waals surface area contributed by atoms with Gasteiger partial charge in [0.05, 0.1) is 0 Å². The molecule has 31 heavy (non-hydrogen) atoms. The molecule has 5 nitrogen and oxygen atoms in total. The standard InChI is InChI=1S/C25H28FN3O2/c1-28(25(30)23-17-24(31-27-23)21-5-3-2-4-6-21)18-20-12-15-29(16-13-20)14-11-19-7-9-22(26)10-8-19/h2-10,17,20H,11-16,18H2,1H3. The van der Waals surface area contributed by atoms with E-state index in [0.717, 1.165) is 56.6 Å². The summed E-state index contributed by atoms with van der Waals surface area (Å²) in [6.45, 7) is 3.75. The van der Waals surface area contributed by atoms with Crippen LogP contribution in [0.2, 0.25) is 0 Å². The van der Waals surface area contributed by atoms with Gasteiger partial charge in [0.2, 0.25) is 0 Å². The number of nitrogens with zero attached hydrogens (tertiary/aromatic N) is 3. The van der Waals surface area contributed by atoms with Crippen LogP contribution in [0.4, 0.5) is 4.39 Å². The van der Waals surface area contributed by atoms with Gasteiger partial charge in [0.15, 0.2) is 11.5 Å². The first-order chi connectivity index (χ1) is 15.1. The van der Waals surface area contributed by atoms with E-state index < -0.39 is 0 Å². The number of aromatic nitrogens is 1. The number of carbonyl (C=O) groups excluding carboxylic acids is 1. The third-order valence-corrected chi connectivity index (χ3v) is 6.00. The third kappa shape index (κ3) is 5.58. The maximum Gasteiger partial charge on any atom is 0.275 e. The fourth-order valence-electron chi connectivity index (χ4n) is 4.11. The average molecular weight is 422 g/mol.